The van der Waals surface area contributed by atoms with Crippen LogP contribution in [0.4, 0.5) is 10.1 Å². The lowest BCUT2D eigenvalue weighted by Crippen LogP contribution is -2.52. The topological polar surface area (TPSA) is 95.6 Å². The molecule has 0 amide bonds. The fourth-order valence-electron chi connectivity index (χ4n) is 2.33. The Labute approximate surface area is 142 Å². The summed E-state index contributed by atoms with van der Waals surface area (Å²) in [5, 5.41) is 2.35. The number of piperazine rings is 1. The van der Waals surface area contributed by atoms with Crippen molar-refractivity contribution in [1.29, 1.82) is 0 Å². The SMILES string of the molecule is CC1CNCCN1S(=O)(=O)c1ccc(NS(=O)(=O)C(C)C)c(F)c1. The van der Waals surface area contributed by atoms with Crippen LogP contribution in [0.25, 0.3) is 0 Å². The molecule has 0 aromatic heterocycles. The van der Waals surface area contributed by atoms with Crippen molar-refractivity contribution < 1.29 is 21.2 Å². The molecule has 1 atom stereocenters. The van der Waals surface area contributed by atoms with E-state index >= 15 is 0 Å². The van der Waals surface area contributed by atoms with Crippen LogP contribution in [-0.2, 0) is 20.0 Å². The number of halogens is 1. The third kappa shape index (κ3) is 3.88. The van der Waals surface area contributed by atoms with Gasteiger partial charge in [0, 0.05) is 25.7 Å². The van der Waals surface area contributed by atoms with Gasteiger partial charge in [-0.1, -0.05) is 0 Å². The molecule has 1 aromatic rings. The van der Waals surface area contributed by atoms with Gasteiger partial charge in [-0.25, -0.2) is 21.2 Å². The number of benzene rings is 1. The molecule has 136 valence electrons. The zero-order valence-corrected chi connectivity index (χ0v) is 15.4. The Morgan fingerprint density at radius 1 is 1.29 bits per heavy atom. The predicted octanol–water partition coefficient (Wildman–Crippen LogP) is 0.958. The highest BCUT2D eigenvalue weighted by atomic mass is 32.2. The molecular weight excluding hydrogens is 357 g/mol. The summed E-state index contributed by atoms with van der Waals surface area (Å²) in [5.74, 6) is -0.928. The first kappa shape index (κ1) is 19.1. The molecule has 1 heterocycles. The van der Waals surface area contributed by atoms with E-state index in [0.717, 1.165) is 12.1 Å². The summed E-state index contributed by atoms with van der Waals surface area (Å²) in [6.45, 7) is 6.04. The molecule has 24 heavy (non-hydrogen) atoms. The Morgan fingerprint density at radius 2 is 1.96 bits per heavy atom. The lowest BCUT2D eigenvalue weighted by molar-refractivity contribution is 0.284. The van der Waals surface area contributed by atoms with Gasteiger partial charge in [-0.3, -0.25) is 4.72 Å². The molecule has 1 aromatic carbocycles. The van der Waals surface area contributed by atoms with Gasteiger partial charge in [-0.15, -0.1) is 0 Å². The van der Waals surface area contributed by atoms with Crippen molar-refractivity contribution in [2.75, 3.05) is 24.4 Å². The summed E-state index contributed by atoms with van der Waals surface area (Å²) in [4.78, 5) is -0.193. The van der Waals surface area contributed by atoms with E-state index in [4.69, 9.17) is 0 Å². The maximum absolute atomic E-state index is 14.2. The number of sulfonamides is 2. The third-order valence-corrected chi connectivity index (χ3v) is 7.62. The van der Waals surface area contributed by atoms with Crippen LogP contribution >= 0.6 is 0 Å². The molecule has 0 bridgehead atoms. The summed E-state index contributed by atoms with van der Waals surface area (Å²) in [7, 11) is -7.54. The van der Waals surface area contributed by atoms with Crippen molar-refractivity contribution in [3.05, 3.63) is 24.0 Å². The van der Waals surface area contributed by atoms with Gasteiger partial charge in [0.15, 0.2) is 0 Å². The van der Waals surface area contributed by atoms with Crippen LogP contribution in [0.2, 0.25) is 0 Å². The summed E-state index contributed by atoms with van der Waals surface area (Å²) in [6.07, 6.45) is 0. The number of nitrogens with zero attached hydrogens (tertiary/aromatic N) is 1. The molecule has 0 spiro atoms. The third-order valence-electron chi connectivity index (χ3n) is 3.86. The molecule has 2 N–H and O–H groups in total. The fraction of sp³-hybridized carbons (Fsp3) is 0.571. The van der Waals surface area contributed by atoms with E-state index < -0.39 is 31.1 Å². The molecule has 7 nitrogen and oxygen atoms in total. The van der Waals surface area contributed by atoms with Crippen molar-refractivity contribution >= 4 is 25.7 Å². The minimum Gasteiger partial charge on any atom is -0.314 e. The molecule has 0 radical (unpaired) electrons. The van der Waals surface area contributed by atoms with E-state index in [9.17, 15) is 21.2 Å². The van der Waals surface area contributed by atoms with Gasteiger partial charge in [-0.05, 0) is 39.0 Å². The number of hydrogen-bond donors (Lipinski definition) is 2. The van der Waals surface area contributed by atoms with Crippen LogP contribution in [-0.4, -0.2) is 52.1 Å². The molecule has 1 unspecified atom stereocenters. The van der Waals surface area contributed by atoms with Crippen LogP contribution < -0.4 is 10.0 Å². The number of nitrogens with one attached hydrogen (secondary N) is 2. The average Bonchev–Trinajstić information content (AvgIpc) is 2.49. The maximum Gasteiger partial charge on any atom is 0.243 e. The second-order valence-electron chi connectivity index (χ2n) is 6.01. The smallest absolute Gasteiger partial charge is 0.243 e. The highest BCUT2D eigenvalue weighted by Crippen LogP contribution is 2.24. The number of anilines is 1. The molecule has 1 aliphatic rings. The quantitative estimate of drug-likeness (QED) is 0.794. The molecule has 0 aliphatic carbocycles. The van der Waals surface area contributed by atoms with Gasteiger partial charge in [-0.2, -0.15) is 4.31 Å². The zero-order valence-electron chi connectivity index (χ0n) is 13.8. The maximum atomic E-state index is 14.2. The van der Waals surface area contributed by atoms with Crippen LogP contribution in [0.1, 0.15) is 20.8 Å². The van der Waals surface area contributed by atoms with Crippen molar-refractivity contribution in [2.45, 2.75) is 37.0 Å². The molecule has 0 saturated carbocycles. The molecular formula is C14H22FN3O4S2. The van der Waals surface area contributed by atoms with Crippen molar-refractivity contribution in [3.8, 4) is 0 Å². The van der Waals surface area contributed by atoms with Gasteiger partial charge in [0.2, 0.25) is 20.0 Å². The normalized spacial score (nSPS) is 20.3. The van der Waals surface area contributed by atoms with Crippen LogP contribution in [0.3, 0.4) is 0 Å². The van der Waals surface area contributed by atoms with E-state index in [1.165, 1.54) is 24.2 Å². The molecule has 1 fully saturated rings. The Bertz CT molecular complexity index is 809. The predicted molar refractivity (Wildman–Crippen MR) is 90.3 cm³/mol. The Balaban J connectivity index is 2.32. The molecule has 10 heteroatoms. The monoisotopic (exact) mass is 379 g/mol. The second kappa shape index (κ2) is 6.95. The van der Waals surface area contributed by atoms with Gasteiger partial charge in [0.25, 0.3) is 0 Å². The van der Waals surface area contributed by atoms with Gasteiger partial charge in [0.05, 0.1) is 15.8 Å². The van der Waals surface area contributed by atoms with E-state index in [2.05, 4.69) is 10.0 Å². The van der Waals surface area contributed by atoms with E-state index in [1.54, 1.807) is 6.92 Å². The first-order chi connectivity index (χ1) is 11.1. The lowest BCUT2D eigenvalue weighted by atomic mass is 10.3. The zero-order chi connectivity index (χ0) is 18.1. The van der Waals surface area contributed by atoms with Crippen LogP contribution in [0.5, 0.6) is 0 Å². The number of rotatable bonds is 5. The summed E-state index contributed by atoms with van der Waals surface area (Å²) in [5.41, 5.74) is -0.268. The summed E-state index contributed by atoms with van der Waals surface area (Å²) in [6, 6.07) is 2.95. The minimum atomic E-state index is -3.83. The van der Waals surface area contributed by atoms with E-state index in [1.807, 2.05) is 0 Å². The Morgan fingerprint density at radius 3 is 2.50 bits per heavy atom. The van der Waals surface area contributed by atoms with Gasteiger partial charge < -0.3 is 5.32 Å². The summed E-state index contributed by atoms with van der Waals surface area (Å²) >= 11 is 0. The van der Waals surface area contributed by atoms with Crippen LogP contribution in [0.15, 0.2) is 23.1 Å². The first-order valence-electron chi connectivity index (χ1n) is 7.59. The van der Waals surface area contributed by atoms with Gasteiger partial charge >= 0.3 is 0 Å². The summed E-state index contributed by atoms with van der Waals surface area (Å²) < 4.78 is 66.6. The molecule has 1 saturated heterocycles. The standard InChI is InChI=1S/C14H22FN3O4S2/c1-10(2)23(19,20)17-14-5-4-12(8-13(14)15)24(21,22)18-7-6-16-9-11(18)3/h4-5,8,10-11,16-17H,6-7,9H2,1-3H3. The second-order valence-corrected chi connectivity index (χ2v) is 10.1. The largest absolute Gasteiger partial charge is 0.314 e. The Kier molecular flexibility index (Phi) is 5.53. The van der Waals surface area contributed by atoms with Crippen molar-refractivity contribution in [2.24, 2.45) is 0 Å². The molecule has 2 rings (SSSR count). The van der Waals surface area contributed by atoms with E-state index in [-0.39, 0.29) is 16.6 Å². The highest BCUT2D eigenvalue weighted by molar-refractivity contribution is 7.93. The van der Waals surface area contributed by atoms with Crippen molar-refractivity contribution in [3.63, 3.8) is 0 Å². The Hall–Kier alpha value is -1.23. The fourth-order valence-corrected chi connectivity index (χ4v) is 4.68. The lowest BCUT2D eigenvalue weighted by Gasteiger charge is -2.32. The minimum absolute atomic E-state index is 0.193. The van der Waals surface area contributed by atoms with Crippen LogP contribution in [0, 0.1) is 5.82 Å². The van der Waals surface area contributed by atoms with Crippen molar-refractivity contribution in [1.82, 2.24) is 9.62 Å². The van der Waals surface area contributed by atoms with E-state index in [0.29, 0.717) is 19.6 Å². The first-order valence-corrected chi connectivity index (χ1v) is 10.6. The average molecular weight is 379 g/mol. The highest BCUT2D eigenvalue weighted by Gasteiger charge is 2.31. The number of hydrogen-bond acceptors (Lipinski definition) is 5. The van der Waals surface area contributed by atoms with Gasteiger partial charge in [0.1, 0.15) is 5.82 Å². The molecule has 1 aliphatic heterocycles.